The van der Waals surface area contributed by atoms with Crippen molar-refractivity contribution in [2.75, 3.05) is 0 Å². The number of benzene rings is 4. The fraction of sp³-hybridized carbons (Fsp3) is 0.237. The largest absolute Gasteiger partial charge is 0.360 e. The Hall–Kier alpha value is -5.84. The first-order valence-electron chi connectivity index (χ1n) is 15.9. The predicted molar refractivity (Wildman–Crippen MR) is 185 cm³/mol. The molecule has 1 aromatic heterocycles. The molecular formula is C38H38FN5O5. The lowest BCUT2D eigenvalue weighted by molar-refractivity contribution is -0.133. The number of nitrogens with one attached hydrogen (secondary N) is 5. The minimum Gasteiger partial charge on any atom is -0.360 e. The van der Waals surface area contributed by atoms with Gasteiger partial charge in [0.15, 0.2) is 0 Å². The molecule has 5 rings (SSSR count). The minimum absolute atomic E-state index is 0.0173. The van der Waals surface area contributed by atoms with E-state index in [1.54, 1.807) is 45.0 Å². The van der Waals surface area contributed by atoms with Crippen LogP contribution in [-0.2, 0) is 32.1 Å². The summed E-state index contributed by atoms with van der Waals surface area (Å²) in [5, 5.41) is 13.2. The highest BCUT2D eigenvalue weighted by Crippen LogP contribution is 2.20. The Morgan fingerprint density at radius 3 is 2.16 bits per heavy atom. The van der Waals surface area contributed by atoms with Gasteiger partial charge in [-0.3, -0.25) is 24.0 Å². The normalized spacial score (nSPS) is 12.6. The average molecular weight is 664 g/mol. The summed E-state index contributed by atoms with van der Waals surface area (Å²) in [6, 6.07) is 23.2. The topological polar surface area (TPSA) is 149 Å². The number of H-pyrrole nitrogens is 1. The van der Waals surface area contributed by atoms with E-state index in [4.69, 9.17) is 0 Å². The van der Waals surface area contributed by atoms with Gasteiger partial charge in [0, 0.05) is 35.6 Å². The molecule has 0 saturated carbocycles. The number of amides is 4. The summed E-state index contributed by atoms with van der Waals surface area (Å²) in [5.41, 5.74) is 1.53. The van der Waals surface area contributed by atoms with Crippen LogP contribution in [-0.4, -0.2) is 52.0 Å². The van der Waals surface area contributed by atoms with Gasteiger partial charge in [0.2, 0.25) is 17.7 Å². The highest BCUT2D eigenvalue weighted by Gasteiger charge is 2.32. The van der Waals surface area contributed by atoms with Crippen LogP contribution < -0.4 is 21.3 Å². The van der Waals surface area contributed by atoms with Crippen LogP contribution in [0.5, 0.6) is 0 Å². The molecule has 0 bridgehead atoms. The molecule has 0 aliphatic rings. The third kappa shape index (κ3) is 8.95. The molecule has 0 spiro atoms. The molecule has 4 amide bonds. The number of carbonyl (C=O) groups is 5. The van der Waals surface area contributed by atoms with Gasteiger partial charge >= 0.3 is 0 Å². The molecule has 10 nitrogen and oxygen atoms in total. The highest BCUT2D eigenvalue weighted by molar-refractivity contribution is 6.45. The molecule has 252 valence electrons. The van der Waals surface area contributed by atoms with Crippen molar-refractivity contribution in [1.29, 1.82) is 0 Å². The molecule has 5 N–H and O–H groups in total. The van der Waals surface area contributed by atoms with Crippen molar-refractivity contribution in [2.24, 2.45) is 0 Å². The molecular weight excluding hydrogens is 625 g/mol. The van der Waals surface area contributed by atoms with Crippen molar-refractivity contribution in [1.82, 2.24) is 26.3 Å². The predicted octanol–water partition coefficient (Wildman–Crippen LogP) is 4.48. The lowest BCUT2D eigenvalue weighted by Gasteiger charge is -2.25. The second-order valence-corrected chi connectivity index (χ2v) is 12.9. The first-order valence-corrected chi connectivity index (χ1v) is 15.9. The molecule has 0 saturated heterocycles. The lowest BCUT2D eigenvalue weighted by Crippen LogP contribution is -2.56. The summed E-state index contributed by atoms with van der Waals surface area (Å²) >= 11 is 0. The van der Waals surface area contributed by atoms with Crippen molar-refractivity contribution in [3.63, 3.8) is 0 Å². The van der Waals surface area contributed by atoms with Crippen LogP contribution in [0.15, 0.2) is 97.2 Å². The Bertz CT molecular complexity index is 2010. The van der Waals surface area contributed by atoms with E-state index >= 15 is 0 Å². The van der Waals surface area contributed by atoms with Gasteiger partial charge in [-0.05, 0) is 60.9 Å². The quantitative estimate of drug-likeness (QED) is 0.0987. The number of aromatic nitrogens is 1. The zero-order chi connectivity index (χ0) is 35.1. The van der Waals surface area contributed by atoms with Crippen LogP contribution in [0.1, 0.15) is 48.7 Å². The Morgan fingerprint density at radius 1 is 0.755 bits per heavy atom. The first-order chi connectivity index (χ1) is 23.4. The standard InChI is InChI=1S/C38H38FN5O5/c1-38(2,3)44-33(45)20-32(43-37(49)34(46)29-22-40-30-14-7-6-13-28(29)30)36(48)42-31(19-23-15-17-26(39)18-16-23)35(47)41-21-25-11-8-10-24-9-4-5-12-27(24)25/h4-18,22,31-32,40H,19-21H2,1-3H3,(H,41,47)(H,42,48)(H,43,49)(H,44,45). The van der Waals surface area contributed by atoms with E-state index in [-0.39, 0.29) is 18.5 Å². The summed E-state index contributed by atoms with van der Waals surface area (Å²) in [6.07, 6.45) is 0.889. The number of rotatable bonds is 12. The summed E-state index contributed by atoms with van der Waals surface area (Å²) in [5.74, 6) is -4.40. The molecule has 4 aromatic carbocycles. The number of fused-ring (bicyclic) bond motifs is 2. The van der Waals surface area contributed by atoms with Gasteiger partial charge in [0.1, 0.15) is 17.9 Å². The van der Waals surface area contributed by atoms with Gasteiger partial charge < -0.3 is 26.3 Å². The van der Waals surface area contributed by atoms with E-state index in [9.17, 15) is 28.4 Å². The van der Waals surface area contributed by atoms with E-state index in [0.717, 1.165) is 16.3 Å². The molecule has 49 heavy (non-hydrogen) atoms. The van der Waals surface area contributed by atoms with Gasteiger partial charge in [-0.15, -0.1) is 0 Å². The number of carbonyl (C=O) groups excluding carboxylic acids is 5. The highest BCUT2D eigenvalue weighted by atomic mass is 19.1. The van der Waals surface area contributed by atoms with E-state index in [0.29, 0.717) is 16.5 Å². The van der Waals surface area contributed by atoms with Crippen molar-refractivity contribution in [3.8, 4) is 0 Å². The molecule has 0 aliphatic carbocycles. The molecule has 2 unspecified atom stereocenters. The minimum atomic E-state index is -1.51. The van der Waals surface area contributed by atoms with E-state index in [1.807, 2.05) is 42.5 Å². The second kappa shape index (κ2) is 14.9. The maximum atomic E-state index is 13.8. The molecule has 1 heterocycles. The summed E-state index contributed by atoms with van der Waals surface area (Å²) in [6.45, 7) is 5.44. The van der Waals surface area contributed by atoms with Crippen molar-refractivity contribution >= 4 is 51.1 Å². The Kier molecular flexibility index (Phi) is 10.5. The van der Waals surface area contributed by atoms with Crippen LogP contribution in [0, 0.1) is 5.82 Å². The van der Waals surface area contributed by atoms with Crippen LogP contribution in [0.25, 0.3) is 21.7 Å². The summed E-state index contributed by atoms with van der Waals surface area (Å²) < 4.78 is 13.7. The summed E-state index contributed by atoms with van der Waals surface area (Å²) in [4.78, 5) is 70.0. The van der Waals surface area contributed by atoms with Gasteiger partial charge in [-0.25, -0.2) is 4.39 Å². The van der Waals surface area contributed by atoms with Gasteiger partial charge in [-0.1, -0.05) is 72.8 Å². The van der Waals surface area contributed by atoms with Gasteiger partial charge in [0.25, 0.3) is 11.7 Å². The molecule has 5 aromatic rings. The number of ketones is 1. The third-order valence-electron chi connectivity index (χ3n) is 7.88. The second-order valence-electron chi connectivity index (χ2n) is 12.9. The maximum Gasteiger partial charge on any atom is 0.293 e. The Morgan fingerprint density at radius 2 is 1.43 bits per heavy atom. The molecule has 11 heteroatoms. The van der Waals surface area contributed by atoms with Crippen LogP contribution in [0.4, 0.5) is 4.39 Å². The van der Waals surface area contributed by atoms with E-state index in [1.165, 1.54) is 30.5 Å². The number of aromatic amines is 1. The number of hydrogen-bond acceptors (Lipinski definition) is 5. The maximum absolute atomic E-state index is 13.8. The fourth-order valence-corrected chi connectivity index (χ4v) is 5.56. The molecule has 0 radical (unpaired) electrons. The number of hydrogen-bond donors (Lipinski definition) is 5. The summed E-state index contributed by atoms with van der Waals surface area (Å²) in [7, 11) is 0. The van der Waals surface area contributed by atoms with Crippen LogP contribution in [0.2, 0.25) is 0 Å². The first kappa shape index (κ1) is 34.5. The monoisotopic (exact) mass is 663 g/mol. The molecule has 0 fully saturated rings. The molecule has 0 aliphatic heterocycles. The molecule has 2 atom stereocenters. The average Bonchev–Trinajstić information content (AvgIpc) is 3.50. The SMILES string of the molecule is CC(C)(C)NC(=O)CC(NC(=O)C(=O)c1c[nH]c2ccccc12)C(=O)NC(Cc1ccc(F)cc1)C(=O)NCc1cccc2ccccc12. The van der Waals surface area contributed by atoms with Crippen molar-refractivity contribution in [2.45, 2.75) is 57.8 Å². The van der Waals surface area contributed by atoms with E-state index in [2.05, 4.69) is 26.3 Å². The van der Waals surface area contributed by atoms with Crippen LogP contribution in [0.3, 0.4) is 0 Å². The van der Waals surface area contributed by atoms with E-state index < -0.39 is 59.3 Å². The zero-order valence-electron chi connectivity index (χ0n) is 27.4. The number of halogens is 1. The zero-order valence-corrected chi connectivity index (χ0v) is 27.4. The lowest BCUT2D eigenvalue weighted by atomic mass is 10.0. The van der Waals surface area contributed by atoms with Crippen molar-refractivity contribution in [3.05, 3.63) is 120 Å². The van der Waals surface area contributed by atoms with Gasteiger partial charge in [0.05, 0.1) is 12.0 Å². The van der Waals surface area contributed by atoms with Crippen molar-refractivity contribution < 1.29 is 28.4 Å². The Labute approximate surface area is 282 Å². The smallest absolute Gasteiger partial charge is 0.293 e. The van der Waals surface area contributed by atoms with Gasteiger partial charge in [-0.2, -0.15) is 0 Å². The number of para-hydroxylation sites is 1. The number of Topliss-reactive ketones (excluding diaryl/α,β-unsaturated/α-hetero) is 1. The third-order valence-corrected chi connectivity index (χ3v) is 7.88. The van der Waals surface area contributed by atoms with Crippen LogP contribution >= 0.6 is 0 Å². The Balaban J connectivity index is 1.38. The fourth-order valence-electron chi connectivity index (χ4n) is 5.56.